The zero-order valence-electron chi connectivity index (χ0n) is 7.73. The van der Waals surface area contributed by atoms with Gasteiger partial charge in [0, 0.05) is 5.02 Å². The highest BCUT2D eigenvalue weighted by Crippen LogP contribution is 2.32. The SMILES string of the molecule is COc1c(C)cc(Cl)cc1NC(=O)Cl. The molecule has 0 unspecified atom stereocenters. The van der Waals surface area contributed by atoms with Crippen LogP contribution in [-0.2, 0) is 0 Å². The van der Waals surface area contributed by atoms with Gasteiger partial charge in [0.15, 0.2) is 0 Å². The number of carbonyl (C=O) groups is 1. The molecular formula is C9H9Cl2NO2. The van der Waals surface area contributed by atoms with Gasteiger partial charge < -0.3 is 10.1 Å². The highest BCUT2D eigenvalue weighted by molar-refractivity contribution is 6.65. The molecule has 0 saturated carbocycles. The second-order valence-electron chi connectivity index (χ2n) is 2.70. The molecule has 0 radical (unpaired) electrons. The highest BCUT2D eigenvalue weighted by atomic mass is 35.5. The van der Waals surface area contributed by atoms with Gasteiger partial charge in [-0.15, -0.1) is 0 Å². The van der Waals surface area contributed by atoms with Crippen molar-refractivity contribution >= 4 is 34.3 Å². The average Bonchev–Trinajstić information content (AvgIpc) is 2.01. The Morgan fingerprint density at radius 3 is 2.64 bits per heavy atom. The van der Waals surface area contributed by atoms with Gasteiger partial charge in [0.05, 0.1) is 12.8 Å². The Morgan fingerprint density at radius 1 is 1.50 bits per heavy atom. The molecule has 76 valence electrons. The fraction of sp³-hybridized carbons (Fsp3) is 0.222. The molecule has 0 aliphatic heterocycles. The number of methoxy groups -OCH3 is 1. The van der Waals surface area contributed by atoms with Crippen LogP contribution < -0.4 is 10.1 Å². The van der Waals surface area contributed by atoms with Crippen LogP contribution in [0.1, 0.15) is 5.56 Å². The quantitative estimate of drug-likeness (QED) is 0.628. The second kappa shape index (κ2) is 4.53. The van der Waals surface area contributed by atoms with Crippen molar-refractivity contribution in [3.63, 3.8) is 0 Å². The van der Waals surface area contributed by atoms with Crippen molar-refractivity contribution in [3.05, 3.63) is 22.7 Å². The molecular weight excluding hydrogens is 225 g/mol. The van der Waals surface area contributed by atoms with Crippen LogP contribution in [0.4, 0.5) is 10.5 Å². The van der Waals surface area contributed by atoms with Gasteiger partial charge in [0.1, 0.15) is 5.75 Å². The Bertz CT molecular complexity index is 366. The van der Waals surface area contributed by atoms with E-state index in [1.165, 1.54) is 7.11 Å². The lowest BCUT2D eigenvalue weighted by atomic mass is 10.2. The lowest BCUT2D eigenvalue weighted by molar-refractivity contribution is 0.269. The fourth-order valence-corrected chi connectivity index (χ4v) is 1.57. The van der Waals surface area contributed by atoms with E-state index in [1.807, 2.05) is 6.92 Å². The third-order valence-electron chi connectivity index (χ3n) is 1.68. The van der Waals surface area contributed by atoms with Gasteiger partial charge in [0.2, 0.25) is 0 Å². The molecule has 0 aromatic heterocycles. The molecule has 0 fully saturated rings. The summed E-state index contributed by atoms with van der Waals surface area (Å²) in [6, 6.07) is 3.32. The Labute approximate surface area is 92.0 Å². The van der Waals surface area contributed by atoms with E-state index in [-0.39, 0.29) is 0 Å². The monoisotopic (exact) mass is 233 g/mol. The smallest absolute Gasteiger partial charge is 0.318 e. The molecule has 0 spiro atoms. The highest BCUT2D eigenvalue weighted by Gasteiger charge is 2.09. The summed E-state index contributed by atoms with van der Waals surface area (Å²) in [5.41, 5.74) is 1.30. The summed E-state index contributed by atoms with van der Waals surface area (Å²) in [6.45, 7) is 1.83. The number of carbonyl (C=O) groups excluding carboxylic acids is 1. The molecule has 0 aliphatic rings. The summed E-state index contributed by atoms with van der Waals surface area (Å²) in [5, 5.41) is 2.26. The van der Waals surface area contributed by atoms with E-state index in [0.29, 0.717) is 16.5 Å². The van der Waals surface area contributed by atoms with Crippen molar-refractivity contribution in [1.82, 2.24) is 0 Å². The number of rotatable bonds is 2. The first-order valence-corrected chi connectivity index (χ1v) is 4.61. The van der Waals surface area contributed by atoms with Crippen LogP contribution in [0.3, 0.4) is 0 Å². The molecule has 0 atom stereocenters. The maximum Gasteiger partial charge on any atom is 0.318 e. The first-order chi connectivity index (χ1) is 6.54. The van der Waals surface area contributed by atoms with Crippen LogP contribution in [0.2, 0.25) is 5.02 Å². The topological polar surface area (TPSA) is 38.3 Å². The van der Waals surface area contributed by atoms with Crippen LogP contribution >= 0.6 is 23.2 Å². The number of benzene rings is 1. The summed E-state index contributed by atoms with van der Waals surface area (Å²) in [6.07, 6.45) is 0. The first-order valence-electron chi connectivity index (χ1n) is 3.85. The van der Waals surface area contributed by atoms with Crippen molar-refractivity contribution in [2.75, 3.05) is 12.4 Å². The predicted octanol–water partition coefficient (Wildman–Crippen LogP) is 3.43. The number of anilines is 1. The van der Waals surface area contributed by atoms with Gasteiger partial charge >= 0.3 is 5.37 Å². The summed E-state index contributed by atoms with van der Waals surface area (Å²) in [7, 11) is 1.51. The molecule has 1 rings (SSSR count). The van der Waals surface area contributed by atoms with E-state index in [0.717, 1.165) is 5.56 Å². The molecule has 1 aromatic carbocycles. The van der Waals surface area contributed by atoms with E-state index < -0.39 is 5.37 Å². The molecule has 14 heavy (non-hydrogen) atoms. The second-order valence-corrected chi connectivity index (χ2v) is 3.48. The van der Waals surface area contributed by atoms with Gasteiger partial charge in [-0.05, 0) is 36.2 Å². The number of aryl methyl sites for hydroxylation is 1. The van der Waals surface area contributed by atoms with Crippen molar-refractivity contribution < 1.29 is 9.53 Å². The Kier molecular flexibility index (Phi) is 3.61. The normalized spacial score (nSPS) is 9.71. The summed E-state index contributed by atoms with van der Waals surface area (Å²) < 4.78 is 5.10. The van der Waals surface area contributed by atoms with Crippen molar-refractivity contribution in [2.45, 2.75) is 6.92 Å². The zero-order chi connectivity index (χ0) is 10.7. The lowest BCUT2D eigenvalue weighted by Crippen LogP contribution is -2.04. The van der Waals surface area contributed by atoms with Crippen LogP contribution in [0, 0.1) is 6.92 Å². The van der Waals surface area contributed by atoms with Crippen LogP contribution in [-0.4, -0.2) is 12.5 Å². The Morgan fingerprint density at radius 2 is 2.14 bits per heavy atom. The molecule has 1 N–H and O–H groups in total. The summed E-state index contributed by atoms with van der Waals surface area (Å²) >= 11 is 11.0. The molecule has 3 nitrogen and oxygen atoms in total. The van der Waals surface area contributed by atoms with Crippen molar-refractivity contribution in [3.8, 4) is 5.75 Å². The number of nitrogens with one attached hydrogen (secondary N) is 1. The van der Waals surface area contributed by atoms with Crippen molar-refractivity contribution in [1.29, 1.82) is 0 Å². The van der Waals surface area contributed by atoms with Gasteiger partial charge in [-0.1, -0.05) is 11.6 Å². The van der Waals surface area contributed by atoms with E-state index >= 15 is 0 Å². The summed E-state index contributed by atoms with van der Waals surface area (Å²) in [4.78, 5) is 10.7. The fourth-order valence-electron chi connectivity index (χ4n) is 1.20. The van der Waals surface area contributed by atoms with Crippen LogP contribution in [0.5, 0.6) is 5.75 Å². The Balaban J connectivity index is 3.17. The number of halogens is 2. The van der Waals surface area contributed by atoms with Gasteiger partial charge in [-0.3, -0.25) is 4.79 Å². The van der Waals surface area contributed by atoms with Gasteiger partial charge in [0.25, 0.3) is 0 Å². The van der Waals surface area contributed by atoms with E-state index in [9.17, 15) is 4.79 Å². The largest absolute Gasteiger partial charge is 0.494 e. The van der Waals surface area contributed by atoms with Crippen LogP contribution in [0.15, 0.2) is 12.1 Å². The van der Waals surface area contributed by atoms with E-state index in [1.54, 1.807) is 12.1 Å². The maximum atomic E-state index is 10.7. The minimum absolute atomic E-state index is 0.470. The predicted molar refractivity (Wildman–Crippen MR) is 57.6 cm³/mol. The van der Waals surface area contributed by atoms with Crippen LogP contribution in [0.25, 0.3) is 0 Å². The minimum Gasteiger partial charge on any atom is -0.494 e. The number of hydrogen-bond acceptors (Lipinski definition) is 2. The summed E-state index contributed by atoms with van der Waals surface area (Å²) in [5.74, 6) is 0.559. The standard InChI is InChI=1S/C9H9Cl2NO2/c1-5-3-6(10)4-7(8(5)14-2)12-9(11)13/h3-4H,1-2H3,(H,12,13). The molecule has 0 heterocycles. The average molecular weight is 234 g/mol. The van der Waals surface area contributed by atoms with Gasteiger partial charge in [-0.2, -0.15) is 0 Å². The molecule has 0 bridgehead atoms. The first kappa shape index (κ1) is 11.1. The number of hydrogen-bond donors (Lipinski definition) is 1. The molecule has 5 heteroatoms. The third-order valence-corrected chi connectivity index (χ3v) is 1.99. The molecule has 0 aliphatic carbocycles. The maximum absolute atomic E-state index is 10.7. The molecule has 0 saturated heterocycles. The van der Waals surface area contributed by atoms with E-state index in [2.05, 4.69) is 5.32 Å². The number of amides is 1. The van der Waals surface area contributed by atoms with Gasteiger partial charge in [-0.25, -0.2) is 0 Å². The zero-order valence-corrected chi connectivity index (χ0v) is 9.24. The Hall–Kier alpha value is -0.930. The minimum atomic E-state index is -0.676. The number of ether oxygens (including phenoxy) is 1. The molecule has 1 aromatic rings. The lowest BCUT2D eigenvalue weighted by Gasteiger charge is -2.11. The third kappa shape index (κ3) is 2.53. The van der Waals surface area contributed by atoms with Crippen molar-refractivity contribution in [2.24, 2.45) is 0 Å². The molecule has 1 amide bonds. The van der Waals surface area contributed by atoms with E-state index in [4.69, 9.17) is 27.9 Å².